The number of amides is 1. The summed E-state index contributed by atoms with van der Waals surface area (Å²) in [6, 6.07) is 8.40. The zero-order valence-electron chi connectivity index (χ0n) is 15.1. The molecular weight excluding hydrogens is 385 g/mol. The predicted molar refractivity (Wildman–Crippen MR) is 102 cm³/mol. The number of hydrogen-bond donors (Lipinski definition) is 2. The maximum absolute atomic E-state index is 12.8. The van der Waals surface area contributed by atoms with E-state index in [4.69, 9.17) is 5.11 Å². The van der Waals surface area contributed by atoms with Crippen LogP contribution in [0.1, 0.15) is 12.0 Å². The number of halogens is 3. The number of hydrogen-bond acceptors (Lipinski definition) is 4. The summed E-state index contributed by atoms with van der Waals surface area (Å²) in [7, 11) is 0. The van der Waals surface area contributed by atoms with Crippen LogP contribution in [-0.4, -0.2) is 45.2 Å². The van der Waals surface area contributed by atoms with Crippen molar-refractivity contribution in [3.63, 3.8) is 0 Å². The highest BCUT2D eigenvalue weighted by Gasteiger charge is 2.30. The van der Waals surface area contributed by atoms with Crippen molar-refractivity contribution in [2.75, 3.05) is 18.4 Å². The second-order valence-corrected chi connectivity index (χ2v) is 6.85. The van der Waals surface area contributed by atoms with E-state index in [1.165, 1.54) is 17.0 Å². The van der Waals surface area contributed by atoms with Gasteiger partial charge in [-0.25, -0.2) is 9.78 Å². The molecule has 1 aliphatic heterocycles. The second kappa shape index (κ2) is 7.23. The number of carbonyl (C=O) groups is 1. The van der Waals surface area contributed by atoms with E-state index in [9.17, 15) is 18.0 Å². The average molecular weight is 402 g/mol. The van der Waals surface area contributed by atoms with Crippen molar-refractivity contribution in [2.45, 2.75) is 18.6 Å². The lowest BCUT2D eigenvalue weighted by atomic mass is 10.0. The maximum atomic E-state index is 12.8. The third kappa shape index (κ3) is 3.80. The van der Waals surface area contributed by atoms with Crippen LogP contribution >= 0.6 is 0 Å². The number of pyridine rings is 2. The van der Waals surface area contributed by atoms with E-state index in [-0.39, 0.29) is 6.04 Å². The number of anilines is 1. The molecule has 0 bridgehead atoms. The zero-order valence-corrected chi connectivity index (χ0v) is 15.1. The van der Waals surface area contributed by atoms with Gasteiger partial charge in [0.05, 0.1) is 11.1 Å². The first kappa shape index (κ1) is 19.0. The number of carboxylic acid groups (broad SMARTS) is 1. The van der Waals surface area contributed by atoms with Crippen LogP contribution in [0.4, 0.5) is 23.8 Å². The Morgan fingerprint density at radius 3 is 2.59 bits per heavy atom. The Balaban J connectivity index is 1.66. The molecule has 3 heterocycles. The van der Waals surface area contributed by atoms with E-state index < -0.39 is 17.8 Å². The molecule has 9 heteroatoms. The van der Waals surface area contributed by atoms with E-state index in [2.05, 4.69) is 15.3 Å². The number of aromatic nitrogens is 2. The molecule has 1 aromatic carbocycles. The van der Waals surface area contributed by atoms with Gasteiger partial charge >= 0.3 is 12.3 Å². The predicted octanol–water partition coefficient (Wildman–Crippen LogP) is 4.48. The molecule has 3 aromatic rings. The summed E-state index contributed by atoms with van der Waals surface area (Å²) in [5, 5.41) is 13.1. The minimum Gasteiger partial charge on any atom is -0.465 e. The van der Waals surface area contributed by atoms with Crippen LogP contribution in [0.25, 0.3) is 22.0 Å². The van der Waals surface area contributed by atoms with Crippen molar-refractivity contribution in [3.8, 4) is 11.1 Å². The molecule has 1 amide bonds. The van der Waals surface area contributed by atoms with Gasteiger partial charge < -0.3 is 15.3 Å². The number of fused-ring (bicyclic) bond motifs is 1. The lowest BCUT2D eigenvalue weighted by molar-refractivity contribution is -0.137. The van der Waals surface area contributed by atoms with E-state index in [0.29, 0.717) is 42.0 Å². The Bertz CT molecular complexity index is 1050. The highest BCUT2D eigenvalue weighted by atomic mass is 19.4. The molecule has 1 unspecified atom stereocenters. The summed E-state index contributed by atoms with van der Waals surface area (Å²) >= 11 is 0. The fourth-order valence-electron chi connectivity index (χ4n) is 3.48. The molecule has 4 rings (SSSR count). The first-order valence-corrected chi connectivity index (χ1v) is 8.98. The molecule has 1 aliphatic rings. The zero-order chi connectivity index (χ0) is 20.6. The highest BCUT2D eigenvalue weighted by molar-refractivity contribution is 5.99. The molecule has 1 saturated heterocycles. The van der Waals surface area contributed by atoms with E-state index in [0.717, 1.165) is 17.5 Å². The molecular formula is C20H17F3N4O2. The maximum Gasteiger partial charge on any atom is 0.416 e. The number of likely N-dealkylation sites (tertiary alicyclic amines) is 1. The monoisotopic (exact) mass is 402 g/mol. The molecule has 0 radical (unpaired) electrons. The summed E-state index contributed by atoms with van der Waals surface area (Å²) in [4.78, 5) is 21.3. The van der Waals surface area contributed by atoms with Gasteiger partial charge in [0.2, 0.25) is 0 Å². The molecule has 2 aromatic heterocycles. The first-order chi connectivity index (χ1) is 13.8. The van der Waals surface area contributed by atoms with Crippen molar-refractivity contribution < 1.29 is 23.1 Å². The number of alkyl halides is 3. The fourth-order valence-corrected chi connectivity index (χ4v) is 3.48. The van der Waals surface area contributed by atoms with Gasteiger partial charge in [-0.15, -0.1) is 0 Å². The van der Waals surface area contributed by atoms with Gasteiger partial charge in [0, 0.05) is 42.5 Å². The SMILES string of the molecule is O=C(O)N1CCC(Nc2ncc(-c3ccc(C(F)(F)F)cc3)c3ncccc23)C1. The van der Waals surface area contributed by atoms with Crippen molar-refractivity contribution in [3.05, 3.63) is 54.4 Å². The van der Waals surface area contributed by atoms with Crippen LogP contribution < -0.4 is 5.32 Å². The molecule has 0 aliphatic carbocycles. The Morgan fingerprint density at radius 2 is 1.93 bits per heavy atom. The smallest absolute Gasteiger partial charge is 0.416 e. The summed E-state index contributed by atoms with van der Waals surface area (Å²) in [5.41, 5.74) is 1.10. The van der Waals surface area contributed by atoms with Gasteiger partial charge in [0.25, 0.3) is 0 Å². The standard InChI is InChI=1S/C20H17F3N4O2/c21-20(22,23)13-5-3-12(4-6-13)16-10-25-18(15-2-1-8-24-17(15)16)26-14-7-9-27(11-14)19(28)29/h1-6,8,10,14H,7,9,11H2,(H,25,26)(H,28,29). The van der Waals surface area contributed by atoms with Crippen molar-refractivity contribution in [1.82, 2.24) is 14.9 Å². The summed E-state index contributed by atoms with van der Waals surface area (Å²) in [6.45, 7) is 0.812. The molecule has 6 nitrogen and oxygen atoms in total. The van der Waals surface area contributed by atoms with Crippen LogP contribution in [0.5, 0.6) is 0 Å². The Hall–Kier alpha value is -3.36. The molecule has 150 valence electrons. The van der Waals surface area contributed by atoms with Gasteiger partial charge in [0.1, 0.15) is 5.82 Å². The third-order valence-corrected chi connectivity index (χ3v) is 4.96. The summed E-state index contributed by atoms with van der Waals surface area (Å²) in [6.07, 6.45) is -1.50. The largest absolute Gasteiger partial charge is 0.465 e. The van der Waals surface area contributed by atoms with Crippen LogP contribution in [-0.2, 0) is 6.18 Å². The molecule has 29 heavy (non-hydrogen) atoms. The first-order valence-electron chi connectivity index (χ1n) is 8.98. The number of nitrogens with zero attached hydrogens (tertiary/aromatic N) is 3. The van der Waals surface area contributed by atoms with Crippen LogP contribution in [0, 0.1) is 0 Å². The molecule has 1 fully saturated rings. The fraction of sp³-hybridized carbons (Fsp3) is 0.250. The molecule has 0 spiro atoms. The van der Waals surface area contributed by atoms with E-state index in [1.54, 1.807) is 18.5 Å². The lowest BCUT2D eigenvalue weighted by Gasteiger charge is -2.17. The minimum absolute atomic E-state index is 0.0704. The average Bonchev–Trinajstić information content (AvgIpc) is 3.17. The number of rotatable bonds is 3. The van der Waals surface area contributed by atoms with Crippen molar-refractivity contribution in [1.29, 1.82) is 0 Å². The third-order valence-electron chi connectivity index (χ3n) is 4.96. The normalized spacial score (nSPS) is 16.9. The summed E-state index contributed by atoms with van der Waals surface area (Å²) in [5.74, 6) is 0.570. The van der Waals surface area contributed by atoms with Gasteiger partial charge in [-0.3, -0.25) is 4.98 Å². The topological polar surface area (TPSA) is 78.4 Å². The Labute approximate surface area is 164 Å². The van der Waals surface area contributed by atoms with Crippen molar-refractivity contribution >= 4 is 22.8 Å². The van der Waals surface area contributed by atoms with E-state index >= 15 is 0 Å². The van der Waals surface area contributed by atoms with Gasteiger partial charge in [-0.05, 0) is 36.2 Å². The van der Waals surface area contributed by atoms with Crippen LogP contribution in [0.3, 0.4) is 0 Å². The number of benzene rings is 1. The Kier molecular flexibility index (Phi) is 4.73. The minimum atomic E-state index is -4.39. The summed E-state index contributed by atoms with van der Waals surface area (Å²) < 4.78 is 38.5. The second-order valence-electron chi connectivity index (χ2n) is 6.85. The number of nitrogens with one attached hydrogen (secondary N) is 1. The molecule has 0 saturated carbocycles. The van der Waals surface area contributed by atoms with Crippen LogP contribution in [0.2, 0.25) is 0 Å². The quantitative estimate of drug-likeness (QED) is 0.675. The van der Waals surface area contributed by atoms with Crippen LogP contribution in [0.15, 0.2) is 48.8 Å². The van der Waals surface area contributed by atoms with Gasteiger partial charge in [-0.1, -0.05) is 12.1 Å². The van der Waals surface area contributed by atoms with Crippen molar-refractivity contribution in [2.24, 2.45) is 0 Å². The van der Waals surface area contributed by atoms with E-state index in [1.807, 2.05) is 6.07 Å². The van der Waals surface area contributed by atoms with Gasteiger partial charge in [-0.2, -0.15) is 13.2 Å². The van der Waals surface area contributed by atoms with Gasteiger partial charge in [0.15, 0.2) is 0 Å². The molecule has 1 atom stereocenters. The Morgan fingerprint density at radius 1 is 1.17 bits per heavy atom. The highest BCUT2D eigenvalue weighted by Crippen LogP contribution is 2.34. The lowest BCUT2D eigenvalue weighted by Crippen LogP contribution is -2.30. The molecule has 2 N–H and O–H groups in total.